The van der Waals surface area contributed by atoms with Gasteiger partial charge in [0.2, 0.25) is 0 Å². The van der Waals surface area contributed by atoms with E-state index in [4.69, 9.17) is 11.6 Å². The number of amides is 2. The molecule has 3 rings (SSSR count). The van der Waals surface area contributed by atoms with Crippen molar-refractivity contribution in [1.29, 1.82) is 0 Å². The first-order valence-electron chi connectivity index (χ1n) is 7.26. The van der Waals surface area contributed by atoms with Gasteiger partial charge >= 0.3 is 6.03 Å². The summed E-state index contributed by atoms with van der Waals surface area (Å²) in [4.78, 5) is 14.3. The summed E-state index contributed by atoms with van der Waals surface area (Å²) in [5, 5.41) is 2.98. The van der Waals surface area contributed by atoms with Gasteiger partial charge in [-0.1, -0.05) is 29.8 Å². The molecule has 0 aromatic heterocycles. The van der Waals surface area contributed by atoms with Crippen LogP contribution in [-0.4, -0.2) is 12.6 Å². The SMILES string of the molecule is O=C(Nc1cc(F)cc(Cl)c1)N1CCCCc2ccccc21. The third kappa shape index (κ3) is 3.22. The van der Waals surface area contributed by atoms with Crippen LogP contribution in [0.5, 0.6) is 0 Å². The Labute approximate surface area is 133 Å². The van der Waals surface area contributed by atoms with Gasteiger partial charge in [0.25, 0.3) is 0 Å². The number of aryl methyl sites for hydroxylation is 1. The van der Waals surface area contributed by atoms with Gasteiger partial charge in [0.1, 0.15) is 5.82 Å². The Morgan fingerprint density at radius 3 is 2.82 bits per heavy atom. The fourth-order valence-corrected chi connectivity index (χ4v) is 2.94. The molecule has 3 nitrogen and oxygen atoms in total. The van der Waals surface area contributed by atoms with Crippen LogP contribution in [0.1, 0.15) is 18.4 Å². The van der Waals surface area contributed by atoms with Crippen molar-refractivity contribution in [2.24, 2.45) is 0 Å². The Bertz CT molecular complexity index is 685. The van der Waals surface area contributed by atoms with Crippen LogP contribution in [0.15, 0.2) is 42.5 Å². The highest BCUT2D eigenvalue weighted by Crippen LogP contribution is 2.27. The van der Waals surface area contributed by atoms with E-state index in [0.29, 0.717) is 12.2 Å². The van der Waals surface area contributed by atoms with E-state index in [2.05, 4.69) is 5.32 Å². The summed E-state index contributed by atoms with van der Waals surface area (Å²) in [5.74, 6) is -0.473. The molecule has 1 aliphatic heterocycles. The van der Waals surface area contributed by atoms with Gasteiger partial charge in [0.15, 0.2) is 0 Å². The predicted octanol–water partition coefficient (Wildman–Crippen LogP) is 4.85. The molecule has 0 bridgehead atoms. The molecule has 0 unspecified atom stereocenters. The minimum atomic E-state index is -0.473. The molecular formula is C17H16ClFN2O. The summed E-state index contributed by atoms with van der Waals surface area (Å²) in [6.07, 6.45) is 2.95. The molecular weight excluding hydrogens is 303 g/mol. The second kappa shape index (κ2) is 6.36. The molecule has 1 N–H and O–H groups in total. The Hall–Kier alpha value is -2.07. The first-order chi connectivity index (χ1) is 10.6. The molecule has 1 aliphatic rings. The van der Waals surface area contributed by atoms with Crippen molar-refractivity contribution in [3.8, 4) is 0 Å². The molecule has 114 valence electrons. The molecule has 0 fully saturated rings. The normalized spacial score (nSPS) is 14.2. The number of carbonyl (C=O) groups excluding carboxylic acids is 1. The number of halogens is 2. The Morgan fingerprint density at radius 1 is 1.18 bits per heavy atom. The second-order valence-electron chi connectivity index (χ2n) is 5.33. The van der Waals surface area contributed by atoms with E-state index in [9.17, 15) is 9.18 Å². The maximum atomic E-state index is 13.4. The molecule has 0 saturated carbocycles. The largest absolute Gasteiger partial charge is 0.326 e. The van der Waals surface area contributed by atoms with Gasteiger partial charge < -0.3 is 5.32 Å². The van der Waals surface area contributed by atoms with Crippen LogP contribution >= 0.6 is 11.6 Å². The van der Waals surface area contributed by atoms with Crippen LogP contribution in [0.4, 0.5) is 20.6 Å². The van der Waals surface area contributed by atoms with E-state index >= 15 is 0 Å². The average molecular weight is 319 g/mol. The van der Waals surface area contributed by atoms with E-state index < -0.39 is 5.82 Å². The quantitative estimate of drug-likeness (QED) is 0.800. The lowest BCUT2D eigenvalue weighted by Gasteiger charge is -2.23. The fourth-order valence-electron chi connectivity index (χ4n) is 2.72. The monoisotopic (exact) mass is 318 g/mol. The van der Waals surface area contributed by atoms with Crippen molar-refractivity contribution in [2.75, 3.05) is 16.8 Å². The zero-order chi connectivity index (χ0) is 15.5. The maximum absolute atomic E-state index is 13.4. The zero-order valence-electron chi connectivity index (χ0n) is 12.0. The number of benzene rings is 2. The highest BCUT2D eigenvalue weighted by molar-refractivity contribution is 6.31. The lowest BCUT2D eigenvalue weighted by Crippen LogP contribution is -2.35. The molecule has 0 aliphatic carbocycles. The van der Waals surface area contributed by atoms with E-state index in [1.54, 1.807) is 4.90 Å². The van der Waals surface area contributed by atoms with Crippen molar-refractivity contribution in [1.82, 2.24) is 0 Å². The molecule has 1 heterocycles. The Morgan fingerprint density at radius 2 is 2.00 bits per heavy atom. The maximum Gasteiger partial charge on any atom is 0.326 e. The fraction of sp³-hybridized carbons (Fsp3) is 0.235. The molecule has 5 heteroatoms. The molecule has 2 aromatic rings. The van der Waals surface area contributed by atoms with E-state index in [-0.39, 0.29) is 11.1 Å². The lowest BCUT2D eigenvalue weighted by molar-refractivity contribution is 0.257. The number of carbonyl (C=O) groups is 1. The summed E-state index contributed by atoms with van der Waals surface area (Å²) in [7, 11) is 0. The standard InChI is InChI=1S/C17H16ClFN2O/c18-13-9-14(19)11-15(10-13)20-17(22)21-8-4-3-6-12-5-1-2-7-16(12)21/h1-2,5,7,9-11H,3-4,6,8H2,(H,20,22). The van der Waals surface area contributed by atoms with Crippen LogP contribution in [-0.2, 0) is 6.42 Å². The average Bonchev–Trinajstić information content (AvgIpc) is 2.68. The molecule has 0 atom stereocenters. The van der Waals surface area contributed by atoms with Gasteiger partial charge in [0, 0.05) is 22.9 Å². The highest BCUT2D eigenvalue weighted by atomic mass is 35.5. The van der Waals surface area contributed by atoms with Crippen LogP contribution in [0.25, 0.3) is 0 Å². The van der Waals surface area contributed by atoms with Gasteiger partial charge in [-0.2, -0.15) is 0 Å². The van der Waals surface area contributed by atoms with Crippen molar-refractivity contribution >= 4 is 29.0 Å². The number of rotatable bonds is 1. The second-order valence-corrected chi connectivity index (χ2v) is 5.76. The summed E-state index contributed by atoms with van der Waals surface area (Å²) < 4.78 is 13.4. The lowest BCUT2D eigenvalue weighted by atomic mass is 10.1. The number of anilines is 2. The van der Waals surface area contributed by atoms with Crippen molar-refractivity contribution < 1.29 is 9.18 Å². The minimum absolute atomic E-state index is 0.256. The van der Waals surface area contributed by atoms with Gasteiger partial charge in [0.05, 0.1) is 0 Å². The highest BCUT2D eigenvalue weighted by Gasteiger charge is 2.21. The molecule has 2 amide bonds. The Kier molecular flexibility index (Phi) is 4.29. The van der Waals surface area contributed by atoms with E-state index in [1.807, 2.05) is 24.3 Å². The van der Waals surface area contributed by atoms with Crippen LogP contribution in [0, 0.1) is 5.82 Å². The number of urea groups is 1. The third-order valence-electron chi connectivity index (χ3n) is 3.72. The number of para-hydroxylation sites is 1. The summed E-state index contributed by atoms with van der Waals surface area (Å²) in [6.45, 7) is 0.645. The van der Waals surface area contributed by atoms with Crippen molar-refractivity contribution in [2.45, 2.75) is 19.3 Å². The van der Waals surface area contributed by atoms with Crippen molar-refractivity contribution in [3.05, 3.63) is 58.9 Å². The zero-order valence-corrected chi connectivity index (χ0v) is 12.7. The Balaban J connectivity index is 1.85. The number of hydrogen-bond acceptors (Lipinski definition) is 1. The van der Waals surface area contributed by atoms with Gasteiger partial charge in [-0.25, -0.2) is 9.18 Å². The third-order valence-corrected chi connectivity index (χ3v) is 3.94. The van der Waals surface area contributed by atoms with E-state index in [1.165, 1.54) is 18.2 Å². The summed E-state index contributed by atoms with van der Waals surface area (Å²) >= 11 is 5.82. The summed E-state index contributed by atoms with van der Waals surface area (Å²) in [5.41, 5.74) is 2.43. The number of nitrogens with one attached hydrogen (secondary N) is 1. The number of fused-ring (bicyclic) bond motifs is 1. The molecule has 22 heavy (non-hydrogen) atoms. The molecule has 0 saturated heterocycles. The number of nitrogens with zero attached hydrogens (tertiary/aromatic N) is 1. The van der Waals surface area contributed by atoms with Gasteiger partial charge in [-0.3, -0.25) is 4.90 Å². The predicted molar refractivity (Wildman–Crippen MR) is 87.2 cm³/mol. The minimum Gasteiger partial charge on any atom is -0.307 e. The van der Waals surface area contributed by atoms with Crippen LogP contribution in [0.2, 0.25) is 5.02 Å². The smallest absolute Gasteiger partial charge is 0.307 e. The first kappa shape index (κ1) is 14.9. The number of hydrogen-bond donors (Lipinski definition) is 1. The van der Waals surface area contributed by atoms with Crippen LogP contribution in [0.3, 0.4) is 0 Å². The van der Waals surface area contributed by atoms with Gasteiger partial charge in [-0.15, -0.1) is 0 Å². The van der Waals surface area contributed by atoms with Crippen molar-refractivity contribution in [3.63, 3.8) is 0 Å². The topological polar surface area (TPSA) is 32.3 Å². The van der Waals surface area contributed by atoms with Crippen LogP contribution < -0.4 is 10.2 Å². The summed E-state index contributed by atoms with van der Waals surface area (Å²) in [6, 6.07) is 11.6. The van der Waals surface area contributed by atoms with Gasteiger partial charge in [-0.05, 0) is 49.1 Å². The molecule has 0 spiro atoms. The van der Waals surface area contributed by atoms with E-state index in [0.717, 1.165) is 30.5 Å². The molecule has 2 aromatic carbocycles. The first-order valence-corrected chi connectivity index (χ1v) is 7.64. The molecule has 0 radical (unpaired) electrons.